The molecule has 1 aromatic heterocycles. The minimum atomic E-state index is -1.08. The monoisotopic (exact) mass is 477 g/mol. The second kappa shape index (κ2) is 9.53. The summed E-state index contributed by atoms with van der Waals surface area (Å²) >= 11 is 0. The molecule has 2 heterocycles. The van der Waals surface area contributed by atoms with Crippen LogP contribution in [0.3, 0.4) is 0 Å². The molecule has 1 fully saturated rings. The van der Waals surface area contributed by atoms with Gasteiger partial charge in [0.1, 0.15) is 5.69 Å². The Morgan fingerprint density at radius 2 is 1.60 bits per heavy atom. The molecule has 1 aromatic carbocycles. The van der Waals surface area contributed by atoms with Crippen molar-refractivity contribution in [2.24, 2.45) is 0 Å². The molecule has 4 rings (SSSR count). The van der Waals surface area contributed by atoms with E-state index < -0.39 is 5.79 Å². The van der Waals surface area contributed by atoms with Gasteiger partial charge in [0.15, 0.2) is 0 Å². The van der Waals surface area contributed by atoms with Crippen LogP contribution in [0.5, 0.6) is 0 Å². The van der Waals surface area contributed by atoms with Gasteiger partial charge < -0.3 is 19.7 Å². The van der Waals surface area contributed by atoms with Crippen LogP contribution >= 0.6 is 0 Å². The summed E-state index contributed by atoms with van der Waals surface area (Å²) in [6.07, 6.45) is 8.19. The van der Waals surface area contributed by atoms with Crippen LogP contribution < -0.4 is 0 Å². The van der Waals surface area contributed by atoms with Crippen molar-refractivity contribution in [3.8, 4) is 0 Å². The van der Waals surface area contributed by atoms with Gasteiger partial charge in [0.2, 0.25) is 5.79 Å². The van der Waals surface area contributed by atoms with Crippen molar-refractivity contribution in [3.63, 3.8) is 0 Å². The van der Waals surface area contributed by atoms with Crippen molar-refractivity contribution in [1.29, 1.82) is 0 Å². The molecule has 0 radical (unpaired) electrons. The molecule has 2 N–H and O–H groups in total. The van der Waals surface area contributed by atoms with Crippen molar-refractivity contribution in [3.05, 3.63) is 81.9 Å². The summed E-state index contributed by atoms with van der Waals surface area (Å²) in [4.78, 5) is 4.79. The highest BCUT2D eigenvalue weighted by Crippen LogP contribution is 2.46. The molecule has 1 aliphatic carbocycles. The molecule has 1 aliphatic heterocycles. The first-order valence-electron chi connectivity index (χ1n) is 12.6. The molecule has 2 aromatic rings. The SMILES string of the molecule is C/C(=C(/O)CCCO)c1ccc(C2(c3cc4c(cc3C)C(C)(C)C=CC4(C)C)OCCCO2)nc1. The van der Waals surface area contributed by atoms with Gasteiger partial charge in [-0.2, -0.15) is 0 Å². The first-order chi connectivity index (χ1) is 16.5. The predicted octanol–water partition coefficient (Wildman–Crippen LogP) is 6.21. The number of aromatic nitrogens is 1. The molecule has 5 heteroatoms. The van der Waals surface area contributed by atoms with E-state index in [9.17, 15) is 5.11 Å². The number of rotatable bonds is 6. The first-order valence-corrected chi connectivity index (χ1v) is 12.6. The number of nitrogens with zero attached hydrogens (tertiary/aromatic N) is 1. The fraction of sp³-hybridized carbons (Fsp3) is 0.500. The van der Waals surface area contributed by atoms with Crippen LogP contribution in [0, 0.1) is 6.92 Å². The maximum absolute atomic E-state index is 10.4. The third-order valence-electron chi connectivity index (χ3n) is 7.46. The molecule has 0 unspecified atom stereocenters. The number of pyridine rings is 1. The van der Waals surface area contributed by atoms with Gasteiger partial charge in [-0.1, -0.05) is 52.0 Å². The Morgan fingerprint density at radius 3 is 2.17 bits per heavy atom. The highest BCUT2D eigenvalue weighted by atomic mass is 16.7. The molecule has 5 nitrogen and oxygen atoms in total. The van der Waals surface area contributed by atoms with Crippen molar-refractivity contribution in [2.45, 2.75) is 77.4 Å². The molecular weight excluding hydrogens is 438 g/mol. The van der Waals surface area contributed by atoms with E-state index in [-0.39, 0.29) is 23.2 Å². The third-order valence-corrected chi connectivity index (χ3v) is 7.46. The van der Waals surface area contributed by atoms with Gasteiger partial charge in [-0.15, -0.1) is 0 Å². The van der Waals surface area contributed by atoms with Crippen molar-refractivity contribution < 1.29 is 19.7 Å². The summed E-state index contributed by atoms with van der Waals surface area (Å²) in [6, 6.07) is 8.46. The molecule has 0 amide bonds. The molecule has 35 heavy (non-hydrogen) atoms. The lowest BCUT2D eigenvalue weighted by Gasteiger charge is -2.41. The van der Waals surface area contributed by atoms with Crippen LogP contribution in [0.1, 0.15) is 87.4 Å². The maximum atomic E-state index is 10.4. The van der Waals surface area contributed by atoms with Crippen LogP contribution in [-0.2, 0) is 26.1 Å². The van der Waals surface area contributed by atoms with Gasteiger partial charge >= 0.3 is 0 Å². The number of hydrogen-bond donors (Lipinski definition) is 2. The molecule has 0 atom stereocenters. The Morgan fingerprint density at radius 1 is 0.971 bits per heavy atom. The summed E-state index contributed by atoms with van der Waals surface area (Å²) in [5.41, 5.74) is 6.89. The Labute approximate surface area is 209 Å². The lowest BCUT2D eigenvalue weighted by atomic mass is 9.66. The van der Waals surface area contributed by atoms with Crippen LogP contribution in [0.2, 0.25) is 0 Å². The van der Waals surface area contributed by atoms with E-state index in [2.05, 4.69) is 58.9 Å². The minimum absolute atomic E-state index is 0.0443. The number of aliphatic hydroxyl groups is 2. The molecule has 0 saturated carbocycles. The molecule has 188 valence electrons. The highest BCUT2D eigenvalue weighted by molar-refractivity contribution is 5.65. The largest absolute Gasteiger partial charge is 0.512 e. The number of allylic oxidation sites excluding steroid dienone is 4. The maximum Gasteiger partial charge on any atom is 0.240 e. The van der Waals surface area contributed by atoms with Gasteiger partial charge in [-0.05, 0) is 66.6 Å². The Bertz CT molecular complexity index is 1140. The van der Waals surface area contributed by atoms with E-state index >= 15 is 0 Å². The van der Waals surface area contributed by atoms with E-state index in [1.807, 2.05) is 19.1 Å². The first kappa shape index (κ1) is 25.6. The normalized spacial score (nSPS) is 20.8. The number of aliphatic hydroxyl groups excluding tert-OH is 2. The zero-order valence-electron chi connectivity index (χ0n) is 21.9. The molecule has 1 saturated heterocycles. The summed E-state index contributed by atoms with van der Waals surface area (Å²) in [5, 5.41) is 19.4. The predicted molar refractivity (Wildman–Crippen MR) is 139 cm³/mol. The van der Waals surface area contributed by atoms with E-state index in [1.165, 1.54) is 11.1 Å². The third kappa shape index (κ3) is 4.69. The van der Waals surface area contributed by atoms with E-state index in [0.717, 1.165) is 28.7 Å². The van der Waals surface area contributed by atoms with Gasteiger partial charge in [0, 0.05) is 35.6 Å². The van der Waals surface area contributed by atoms with Gasteiger partial charge in [0.05, 0.1) is 19.0 Å². The standard InChI is InChI=1S/C30H39NO4/c1-20-17-24-25(29(5,6)13-12-28(24,3)4)18-23(20)30(34-15-8-16-35-30)27-11-10-22(19-31-27)21(2)26(33)9-7-14-32/h10-13,17-19,32-33H,7-9,14-16H2,1-6H3/b26-21-. The topological polar surface area (TPSA) is 71.8 Å². The fourth-order valence-electron chi connectivity index (χ4n) is 5.11. The van der Waals surface area contributed by atoms with E-state index in [4.69, 9.17) is 19.6 Å². The summed E-state index contributed by atoms with van der Waals surface area (Å²) < 4.78 is 12.9. The zero-order chi connectivity index (χ0) is 25.4. The van der Waals surface area contributed by atoms with E-state index in [1.54, 1.807) is 6.20 Å². The number of ether oxygens (including phenoxy) is 2. The minimum Gasteiger partial charge on any atom is -0.512 e. The van der Waals surface area contributed by atoms with Crippen LogP contribution in [0.25, 0.3) is 5.57 Å². The molecular formula is C30H39NO4. The quantitative estimate of drug-likeness (QED) is 0.382. The Kier molecular flexibility index (Phi) is 6.98. The molecule has 0 bridgehead atoms. The average Bonchev–Trinajstić information content (AvgIpc) is 2.85. The molecule has 0 spiro atoms. The fourth-order valence-corrected chi connectivity index (χ4v) is 5.11. The number of fused-ring (bicyclic) bond motifs is 1. The van der Waals surface area contributed by atoms with Crippen molar-refractivity contribution in [1.82, 2.24) is 4.98 Å². The smallest absolute Gasteiger partial charge is 0.240 e. The Hall–Kier alpha value is -2.47. The summed E-state index contributed by atoms with van der Waals surface area (Å²) in [7, 11) is 0. The van der Waals surface area contributed by atoms with Crippen LogP contribution in [-0.4, -0.2) is 35.0 Å². The lowest BCUT2D eigenvalue weighted by Crippen LogP contribution is -2.41. The summed E-state index contributed by atoms with van der Waals surface area (Å²) in [5.74, 6) is -0.801. The average molecular weight is 478 g/mol. The van der Waals surface area contributed by atoms with Crippen molar-refractivity contribution >= 4 is 5.57 Å². The highest BCUT2D eigenvalue weighted by Gasteiger charge is 2.44. The second-order valence-electron chi connectivity index (χ2n) is 11.0. The zero-order valence-corrected chi connectivity index (χ0v) is 21.9. The Balaban J connectivity index is 1.81. The number of benzene rings is 1. The summed E-state index contributed by atoms with van der Waals surface area (Å²) in [6.45, 7) is 14.2. The van der Waals surface area contributed by atoms with E-state index in [0.29, 0.717) is 31.7 Å². The second-order valence-corrected chi connectivity index (χ2v) is 11.0. The van der Waals surface area contributed by atoms with Crippen molar-refractivity contribution in [2.75, 3.05) is 19.8 Å². The van der Waals surface area contributed by atoms with Crippen LogP contribution in [0.4, 0.5) is 0 Å². The van der Waals surface area contributed by atoms with Gasteiger partial charge in [-0.3, -0.25) is 4.98 Å². The number of hydrogen-bond acceptors (Lipinski definition) is 5. The van der Waals surface area contributed by atoms with Gasteiger partial charge in [0.25, 0.3) is 0 Å². The van der Waals surface area contributed by atoms with Crippen LogP contribution in [0.15, 0.2) is 48.4 Å². The molecule has 2 aliphatic rings. The number of aryl methyl sites for hydroxylation is 1. The lowest BCUT2D eigenvalue weighted by molar-refractivity contribution is -0.251. The van der Waals surface area contributed by atoms with Gasteiger partial charge in [-0.25, -0.2) is 0 Å².